The van der Waals surface area contributed by atoms with Crippen molar-refractivity contribution in [3.05, 3.63) is 63.2 Å². The van der Waals surface area contributed by atoms with Gasteiger partial charge in [-0.2, -0.15) is 0 Å². The number of halogens is 1. The molecule has 2 aromatic rings. The standard InChI is InChI=1S/C25H28ClN5O6/c1-29(13-8-17-2-5-19(6-3-17)31(35)36)24(34)25(9-11-27-12-10-25)28-22(32)15-30-20-14-18(26)4-7-21(20)37-16-23(30)33/h2-7,14,27H,8-13,15-16H2,1H3,(H,28,32). The molecular formula is C25H28ClN5O6. The minimum Gasteiger partial charge on any atom is -0.482 e. The number of rotatable bonds is 8. The number of likely N-dealkylation sites (N-methyl/N-ethyl adjacent to an activating group) is 1. The lowest BCUT2D eigenvalue weighted by Crippen LogP contribution is -2.64. The molecule has 11 nitrogen and oxygen atoms in total. The summed E-state index contributed by atoms with van der Waals surface area (Å²) in [5, 5.41) is 17.4. The first-order chi connectivity index (χ1) is 17.7. The summed E-state index contributed by atoms with van der Waals surface area (Å²) in [5.74, 6) is -0.604. The first kappa shape index (κ1) is 26.4. The Morgan fingerprint density at radius 2 is 1.92 bits per heavy atom. The van der Waals surface area contributed by atoms with Crippen molar-refractivity contribution in [2.24, 2.45) is 0 Å². The van der Waals surface area contributed by atoms with Gasteiger partial charge < -0.3 is 20.3 Å². The number of amides is 3. The highest BCUT2D eigenvalue weighted by Crippen LogP contribution is 2.34. The van der Waals surface area contributed by atoms with E-state index in [0.29, 0.717) is 55.4 Å². The number of piperidine rings is 1. The van der Waals surface area contributed by atoms with Crippen molar-refractivity contribution < 1.29 is 24.0 Å². The van der Waals surface area contributed by atoms with E-state index >= 15 is 0 Å². The van der Waals surface area contributed by atoms with Crippen LogP contribution in [-0.2, 0) is 20.8 Å². The Morgan fingerprint density at radius 1 is 1.22 bits per heavy atom. The van der Waals surface area contributed by atoms with Gasteiger partial charge in [-0.15, -0.1) is 0 Å². The van der Waals surface area contributed by atoms with Gasteiger partial charge in [0.25, 0.3) is 11.6 Å². The molecule has 0 radical (unpaired) electrons. The van der Waals surface area contributed by atoms with Gasteiger partial charge in [-0.25, -0.2) is 0 Å². The topological polar surface area (TPSA) is 134 Å². The summed E-state index contributed by atoms with van der Waals surface area (Å²) in [6.07, 6.45) is 1.31. The molecule has 0 bridgehead atoms. The predicted octanol–water partition coefficient (Wildman–Crippen LogP) is 1.91. The maximum atomic E-state index is 13.6. The summed E-state index contributed by atoms with van der Waals surface area (Å²) in [6.45, 7) is 1.01. The molecule has 2 N–H and O–H groups in total. The molecule has 2 aromatic carbocycles. The van der Waals surface area contributed by atoms with E-state index in [1.807, 2.05) is 0 Å². The molecule has 2 heterocycles. The van der Waals surface area contributed by atoms with Gasteiger partial charge in [-0.1, -0.05) is 23.7 Å². The molecule has 196 valence electrons. The van der Waals surface area contributed by atoms with Crippen LogP contribution in [0.5, 0.6) is 5.75 Å². The van der Waals surface area contributed by atoms with Crippen LogP contribution < -0.4 is 20.3 Å². The van der Waals surface area contributed by atoms with E-state index in [9.17, 15) is 24.5 Å². The number of hydrogen-bond acceptors (Lipinski definition) is 7. The lowest BCUT2D eigenvalue weighted by Gasteiger charge is -2.40. The highest BCUT2D eigenvalue weighted by molar-refractivity contribution is 6.31. The largest absolute Gasteiger partial charge is 0.482 e. The average Bonchev–Trinajstić information content (AvgIpc) is 2.89. The van der Waals surface area contributed by atoms with Crippen LogP contribution >= 0.6 is 11.6 Å². The summed E-state index contributed by atoms with van der Waals surface area (Å²) in [6, 6.07) is 11.1. The number of fused-ring (bicyclic) bond motifs is 1. The van der Waals surface area contributed by atoms with Crippen LogP contribution in [0.2, 0.25) is 5.02 Å². The van der Waals surface area contributed by atoms with Crippen molar-refractivity contribution in [2.75, 3.05) is 44.7 Å². The summed E-state index contributed by atoms with van der Waals surface area (Å²) < 4.78 is 5.44. The molecule has 0 spiro atoms. The van der Waals surface area contributed by atoms with Gasteiger partial charge in [0.1, 0.15) is 17.8 Å². The van der Waals surface area contributed by atoms with E-state index < -0.39 is 16.4 Å². The van der Waals surface area contributed by atoms with E-state index in [-0.39, 0.29) is 30.7 Å². The molecule has 3 amide bonds. The van der Waals surface area contributed by atoms with Crippen molar-refractivity contribution >= 4 is 40.7 Å². The van der Waals surface area contributed by atoms with Gasteiger partial charge in [0.05, 0.1) is 10.6 Å². The summed E-state index contributed by atoms with van der Waals surface area (Å²) in [4.78, 5) is 52.6. The number of anilines is 1. The third-order valence-electron chi connectivity index (χ3n) is 6.64. The van der Waals surface area contributed by atoms with Crippen molar-refractivity contribution in [2.45, 2.75) is 24.8 Å². The number of nitrogens with one attached hydrogen (secondary N) is 2. The Morgan fingerprint density at radius 3 is 2.59 bits per heavy atom. The van der Waals surface area contributed by atoms with Gasteiger partial charge in [0, 0.05) is 30.7 Å². The van der Waals surface area contributed by atoms with Gasteiger partial charge >= 0.3 is 0 Å². The maximum absolute atomic E-state index is 13.6. The lowest BCUT2D eigenvalue weighted by molar-refractivity contribution is -0.384. The van der Waals surface area contributed by atoms with Crippen LogP contribution in [0.3, 0.4) is 0 Å². The normalized spacial score (nSPS) is 16.4. The zero-order chi connectivity index (χ0) is 26.6. The summed E-state index contributed by atoms with van der Waals surface area (Å²) in [5.41, 5.74) is 0.161. The minimum atomic E-state index is -1.11. The number of nitro groups is 1. The highest BCUT2D eigenvalue weighted by atomic mass is 35.5. The first-order valence-corrected chi connectivity index (χ1v) is 12.3. The fraction of sp³-hybridized carbons (Fsp3) is 0.400. The Balaban J connectivity index is 1.44. The van der Waals surface area contributed by atoms with E-state index in [1.54, 1.807) is 42.3 Å². The fourth-order valence-electron chi connectivity index (χ4n) is 4.59. The molecule has 4 rings (SSSR count). The van der Waals surface area contributed by atoms with Crippen molar-refractivity contribution in [1.82, 2.24) is 15.5 Å². The number of benzene rings is 2. The molecular weight excluding hydrogens is 502 g/mol. The third-order valence-corrected chi connectivity index (χ3v) is 6.88. The van der Waals surface area contributed by atoms with E-state index in [4.69, 9.17) is 16.3 Å². The van der Waals surface area contributed by atoms with Crippen LogP contribution in [0.15, 0.2) is 42.5 Å². The van der Waals surface area contributed by atoms with Crippen molar-refractivity contribution in [3.8, 4) is 5.75 Å². The number of carbonyl (C=O) groups is 3. The van der Waals surface area contributed by atoms with Crippen LogP contribution in [0.25, 0.3) is 0 Å². The molecule has 2 aliphatic rings. The number of ether oxygens (including phenoxy) is 1. The second-order valence-electron chi connectivity index (χ2n) is 9.16. The number of nitro benzene ring substituents is 1. The SMILES string of the molecule is CN(CCc1ccc([N+](=O)[O-])cc1)C(=O)C1(NC(=O)CN2C(=O)COc3ccc(Cl)cc32)CCNCC1. The van der Waals surface area contributed by atoms with Crippen LogP contribution in [0, 0.1) is 10.1 Å². The Bertz CT molecular complexity index is 1200. The Hall–Kier alpha value is -3.70. The van der Waals surface area contributed by atoms with Gasteiger partial charge in [-0.05, 0) is 56.1 Å². The number of hydrogen-bond donors (Lipinski definition) is 2. The summed E-state index contributed by atoms with van der Waals surface area (Å²) >= 11 is 6.09. The second-order valence-corrected chi connectivity index (χ2v) is 9.60. The third kappa shape index (κ3) is 6.00. The number of carbonyl (C=O) groups excluding carboxylic acids is 3. The van der Waals surface area contributed by atoms with E-state index in [2.05, 4.69) is 10.6 Å². The van der Waals surface area contributed by atoms with Crippen LogP contribution in [0.1, 0.15) is 18.4 Å². The molecule has 0 unspecified atom stereocenters. The van der Waals surface area contributed by atoms with Gasteiger partial charge in [-0.3, -0.25) is 29.4 Å². The highest BCUT2D eigenvalue weighted by Gasteiger charge is 2.43. The lowest BCUT2D eigenvalue weighted by atomic mass is 9.86. The van der Waals surface area contributed by atoms with Crippen LogP contribution in [0.4, 0.5) is 11.4 Å². The smallest absolute Gasteiger partial charge is 0.269 e. The fourth-order valence-corrected chi connectivity index (χ4v) is 4.76. The summed E-state index contributed by atoms with van der Waals surface area (Å²) in [7, 11) is 1.67. The minimum absolute atomic E-state index is 0.00759. The van der Waals surface area contributed by atoms with E-state index in [0.717, 1.165) is 5.56 Å². The monoisotopic (exact) mass is 529 g/mol. The zero-order valence-electron chi connectivity index (χ0n) is 20.4. The molecule has 37 heavy (non-hydrogen) atoms. The molecule has 0 saturated carbocycles. The Kier molecular flexibility index (Phi) is 7.94. The average molecular weight is 530 g/mol. The van der Waals surface area contributed by atoms with Gasteiger partial charge in [0.15, 0.2) is 6.61 Å². The zero-order valence-corrected chi connectivity index (χ0v) is 21.1. The molecule has 0 atom stereocenters. The second kappa shape index (κ2) is 11.1. The quantitative estimate of drug-likeness (QED) is 0.394. The Labute approximate surface area is 218 Å². The molecule has 1 fully saturated rings. The molecule has 0 aromatic heterocycles. The van der Waals surface area contributed by atoms with Gasteiger partial charge in [0.2, 0.25) is 11.8 Å². The number of nitrogens with zero attached hydrogens (tertiary/aromatic N) is 3. The predicted molar refractivity (Wildman–Crippen MR) is 137 cm³/mol. The molecule has 1 saturated heterocycles. The molecule has 2 aliphatic heterocycles. The molecule has 12 heteroatoms. The van der Waals surface area contributed by atoms with Crippen LogP contribution in [-0.4, -0.2) is 72.9 Å². The number of non-ortho nitro benzene ring substituents is 1. The van der Waals surface area contributed by atoms with Crippen molar-refractivity contribution in [3.63, 3.8) is 0 Å². The van der Waals surface area contributed by atoms with E-state index in [1.165, 1.54) is 17.0 Å². The maximum Gasteiger partial charge on any atom is 0.269 e. The van der Waals surface area contributed by atoms with Crippen molar-refractivity contribution in [1.29, 1.82) is 0 Å². The molecule has 0 aliphatic carbocycles. The first-order valence-electron chi connectivity index (χ1n) is 11.9.